The Hall–Kier alpha value is -2.00. The van der Waals surface area contributed by atoms with Gasteiger partial charge in [-0.1, -0.05) is 12.1 Å². The van der Waals surface area contributed by atoms with E-state index in [0.717, 1.165) is 36.0 Å². The van der Waals surface area contributed by atoms with Gasteiger partial charge in [0.1, 0.15) is 5.75 Å². The van der Waals surface area contributed by atoms with Crippen LogP contribution in [-0.4, -0.2) is 49.7 Å². The number of aliphatic imine (C=N–C) groups is 1. The molecule has 2 aromatic rings. The predicted molar refractivity (Wildman–Crippen MR) is 144 cm³/mol. The minimum atomic E-state index is 0. The molecule has 32 heavy (non-hydrogen) atoms. The topological polar surface area (TPSA) is 66.1 Å². The molecule has 1 saturated heterocycles. The summed E-state index contributed by atoms with van der Waals surface area (Å²) in [5.74, 6) is 2.24. The molecule has 2 aromatic carbocycles. The number of rotatable bonds is 8. The van der Waals surface area contributed by atoms with Crippen LogP contribution in [0.5, 0.6) is 5.75 Å². The van der Waals surface area contributed by atoms with Crippen LogP contribution in [0.4, 0.5) is 11.4 Å². The number of nitrogens with two attached hydrogens (primary N) is 1. The lowest BCUT2D eigenvalue weighted by Crippen LogP contribution is -2.47. The summed E-state index contributed by atoms with van der Waals surface area (Å²) in [4.78, 5) is 9.59. The third-order valence-electron chi connectivity index (χ3n) is 5.82. The molecule has 0 atom stereocenters. The molecular formula is C25H36IN5O. The standard InChI is InChI=1S/C25H35N5O.HI/c1-19(2)31-24-11-7-22(8-12-24)28-25(26)27-17-20-5-9-23(10-6-20)30-15-13-29(14-16-30)18-21-3-4-21;/h5-12,19,21H,3-4,13-18H2,1-2H3,(H3,26,27,28);1H. The summed E-state index contributed by atoms with van der Waals surface area (Å²) in [5.41, 5.74) is 9.42. The van der Waals surface area contributed by atoms with Gasteiger partial charge < -0.3 is 20.7 Å². The lowest BCUT2D eigenvalue weighted by atomic mass is 10.1. The fraction of sp³-hybridized carbons (Fsp3) is 0.480. The van der Waals surface area contributed by atoms with Crippen molar-refractivity contribution in [2.45, 2.75) is 39.3 Å². The molecule has 4 rings (SSSR count). The van der Waals surface area contributed by atoms with E-state index in [1.165, 1.54) is 38.2 Å². The van der Waals surface area contributed by atoms with Crippen molar-refractivity contribution in [1.29, 1.82) is 0 Å². The predicted octanol–water partition coefficient (Wildman–Crippen LogP) is 4.55. The Bertz CT molecular complexity index is 857. The van der Waals surface area contributed by atoms with Crippen molar-refractivity contribution in [3.05, 3.63) is 54.1 Å². The third kappa shape index (κ3) is 7.55. The van der Waals surface area contributed by atoms with Crippen LogP contribution in [0, 0.1) is 5.92 Å². The van der Waals surface area contributed by atoms with Crippen molar-refractivity contribution in [1.82, 2.24) is 4.90 Å². The molecule has 0 amide bonds. The summed E-state index contributed by atoms with van der Waals surface area (Å²) >= 11 is 0. The first-order chi connectivity index (χ1) is 15.0. The fourth-order valence-electron chi connectivity index (χ4n) is 3.92. The molecule has 0 spiro atoms. The summed E-state index contributed by atoms with van der Waals surface area (Å²) < 4.78 is 5.66. The van der Waals surface area contributed by atoms with E-state index in [9.17, 15) is 0 Å². The molecule has 7 heteroatoms. The van der Waals surface area contributed by atoms with Crippen LogP contribution in [0.1, 0.15) is 32.3 Å². The zero-order valence-electron chi connectivity index (χ0n) is 19.2. The monoisotopic (exact) mass is 549 g/mol. The van der Waals surface area contributed by atoms with Crippen molar-refractivity contribution in [2.24, 2.45) is 16.6 Å². The Morgan fingerprint density at radius 1 is 1.03 bits per heavy atom. The zero-order valence-corrected chi connectivity index (χ0v) is 21.5. The van der Waals surface area contributed by atoms with Gasteiger partial charge >= 0.3 is 0 Å². The van der Waals surface area contributed by atoms with Crippen LogP contribution < -0.4 is 20.7 Å². The van der Waals surface area contributed by atoms with E-state index in [2.05, 4.69) is 44.4 Å². The van der Waals surface area contributed by atoms with Crippen LogP contribution >= 0.6 is 24.0 Å². The highest BCUT2D eigenvalue weighted by atomic mass is 127. The van der Waals surface area contributed by atoms with E-state index in [1.807, 2.05) is 38.1 Å². The van der Waals surface area contributed by atoms with E-state index in [0.29, 0.717) is 12.5 Å². The Morgan fingerprint density at radius 3 is 2.28 bits per heavy atom. The van der Waals surface area contributed by atoms with Gasteiger partial charge in [-0.2, -0.15) is 0 Å². The lowest BCUT2D eigenvalue weighted by Gasteiger charge is -2.36. The SMILES string of the molecule is CC(C)Oc1ccc(NC(N)=NCc2ccc(N3CCN(CC4CC4)CC3)cc2)cc1.I. The molecule has 0 unspecified atom stereocenters. The number of piperazine rings is 1. The van der Waals surface area contributed by atoms with Crippen LogP contribution in [0.2, 0.25) is 0 Å². The first-order valence-electron chi connectivity index (χ1n) is 11.4. The van der Waals surface area contributed by atoms with Crippen molar-refractivity contribution in [3.63, 3.8) is 0 Å². The number of anilines is 2. The number of hydrogen-bond donors (Lipinski definition) is 2. The van der Waals surface area contributed by atoms with Gasteiger partial charge in [0.05, 0.1) is 12.6 Å². The fourth-order valence-corrected chi connectivity index (χ4v) is 3.92. The molecule has 1 saturated carbocycles. The molecule has 1 heterocycles. The number of hydrogen-bond acceptors (Lipinski definition) is 4. The van der Waals surface area contributed by atoms with E-state index >= 15 is 0 Å². The van der Waals surface area contributed by atoms with Crippen molar-refractivity contribution in [2.75, 3.05) is 42.9 Å². The summed E-state index contributed by atoms with van der Waals surface area (Å²) in [7, 11) is 0. The molecule has 1 aliphatic carbocycles. The van der Waals surface area contributed by atoms with E-state index in [-0.39, 0.29) is 30.1 Å². The van der Waals surface area contributed by atoms with Gasteiger partial charge in [-0.3, -0.25) is 4.90 Å². The van der Waals surface area contributed by atoms with Crippen LogP contribution in [0.15, 0.2) is 53.5 Å². The second kappa shape index (κ2) is 11.7. The van der Waals surface area contributed by atoms with Gasteiger partial charge in [0.25, 0.3) is 0 Å². The highest BCUT2D eigenvalue weighted by molar-refractivity contribution is 14.0. The second-order valence-electron chi connectivity index (χ2n) is 8.91. The van der Waals surface area contributed by atoms with Crippen LogP contribution in [0.25, 0.3) is 0 Å². The average molecular weight is 550 g/mol. The number of ether oxygens (including phenoxy) is 1. The Morgan fingerprint density at radius 2 is 1.69 bits per heavy atom. The molecule has 2 fully saturated rings. The van der Waals surface area contributed by atoms with E-state index in [1.54, 1.807) is 0 Å². The number of benzene rings is 2. The van der Waals surface area contributed by atoms with Gasteiger partial charge in [-0.25, -0.2) is 4.99 Å². The van der Waals surface area contributed by atoms with E-state index in [4.69, 9.17) is 10.5 Å². The van der Waals surface area contributed by atoms with Gasteiger partial charge in [-0.15, -0.1) is 24.0 Å². The number of nitrogens with zero attached hydrogens (tertiary/aromatic N) is 3. The van der Waals surface area contributed by atoms with Gasteiger partial charge in [0.15, 0.2) is 5.96 Å². The molecule has 3 N–H and O–H groups in total. The van der Waals surface area contributed by atoms with E-state index < -0.39 is 0 Å². The summed E-state index contributed by atoms with van der Waals surface area (Å²) in [6, 6.07) is 16.5. The Kier molecular flexibility index (Phi) is 9.04. The minimum absolute atomic E-state index is 0. The maximum Gasteiger partial charge on any atom is 0.193 e. The maximum absolute atomic E-state index is 6.07. The molecule has 0 radical (unpaired) electrons. The van der Waals surface area contributed by atoms with Crippen molar-refractivity contribution in [3.8, 4) is 5.75 Å². The number of guanidine groups is 1. The van der Waals surface area contributed by atoms with Crippen molar-refractivity contribution < 1.29 is 4.74 Å². The Balaban J connectivity index is 0.00000289. The average Bonchev–Trinajstić information content (AvgIpc) is 3.58. The molecule has 0 bridgehead atoms. The maximum atomic E-state index is 6.07. The van der Waals surface area contributed by atoms with Crippen LogP contribution in [0.3, 0.4) is 0 Å². The lowest BCUT2D eigenvalue weighted by molar-refractivity contribution is 0.242. The Labute approximate surface area is 209 Å². The molecule has 6 nitrogen and oxygen atoms in total. The minimum Gasteiger partial charge on any atom is -0.491 e. The smallest absolute Gasteiger partial charge is 0.193 e. The number of nitrogens with one attached hydrogen (secondary N) is 1. The first kappa shape index (κ1) is 24.6. The summed E-state index contributed by atoms with van der Waals surface area (Å²) in [6.07, 6.45) is 3.03. The van der Waals surface area contributed by atoms with Gasteiger partial charge in [0.2, 0.25) is 0 Å². The van der Waals surface area contributed by atoms with Gasteiger partial charge in [-0.05, 0) is 74.6 Å². The normalized spacial score (nSPS) is 17.2. The molecular weight excluding hydrogens is 513 g/mol. The third-order valence-corrected chi connectivity index (χ3v) is 5.82. The molecule has 174 valence electrons. The molecule has 1 aliphatic heterocycles. The largest absolute Gasteiger partial charge is 0.491 e. The van der Waals surface area contributed by atoms with Crippen molar-refractivity contribution >= 4 is 41.3 Å². The van der Waals surface area contributed by atoms with Crippen LogP contribution in [-0.2, 0) is 6.54 Å². The van der Waals surface area contributed by atoms with Gasteiger partial charge in [0, 0.05) is 44.1 Å². The second-order valence-corrected chi connectivity index (χ2v) is 8.91. The first-order valence-corrected chi connectivity index (χ1v) is 11.4. The highest BCUT2D eigenvalue weighted by Crippen LogP contribution is 2.30. The molecule has 0 aromatic heterocycles. The summed E-state index contributed by atoms with van der Waals surface area (Å²) in [5, 5.41) is 3.14. The summed E-state index contributed by atoms with van der Waals surface area (Å²) in [6.45, 7) is 10.5. The zero-order chi connectivity index (χ0) is 21.6. The molecule has 2 aliphatic rings. The highest BCUT2D eigenvalue weighted by Gasteiger charge is 2.26. The quantitative estimate of drug-likeness (QED) is 0.288. The number of halogens is 1.